The number of nitrogens with zero attached hydrogens (tertiary/aromatic N) is 2. The van der Waals surface area contributed by atoms with Crippen LogP contribution in [0, 0.1) is 11.8 Å². The van der Waals surface area contributed by atoms with E-state index in [1.54, 1.807) is 0 Å². The van der Waals surface area contributed by atoms with Gasteiger partial charge in [-0.15, -0.1) is 0 Å². The summed E-state index contributed by atoms with van der Waals surface area (Å²) in [5, 5.41) is 2.54. The molecular weight excluding hydrogens is 307 g/mol. The summed E-state index contributed by atoms with van der Waals surface area (Å²) in [6, 6.07) is 1.50. The molecule has 1 amide bonds. The van der Waals surface area contributed by atoms with Gasteiger partial charge >= 0.3 is 6.18 Å². The summed E-state index contributed by atoms with van der Waals surface area (Å²) in [5.41, 5.74) is -0.305. The quantitative estimate of drug-likeness (QED) is 0.889. The highest BCUT2D eigenvalue weighted by molar-refractivity contribution is 5.92. The maximum Gasteiger partial charge on any atom is 0.392 e. The van der Waals surface area contributed by atoms with Gasteiger partial charge < -0.3 is 5.32 Å². The Labute approximate surface area is 133 Å². The van der Waals surface area contributed by atoms with Crippen LogP contribution in [0.3, 0.4) is 0 Å². The summed E-state index contributed by atoms with van der Waals surface area (Å²) in [4.78, 5) is 20.7. The smallest absolute Gasteiger partial charge is 0.310 e. The van der Waals surface area contributed by atoms with E-state index in [4.69, 9.17) is 0 Å². The molecule has 1 aromatic rings. The van der Waals surface area contributed by atoms with Gasteiger partial charge in [0.1, 0.15) is 11.6 Å². The fourth-order valence-electron chi connectivity index (χ4n) is 2.85. The highest BCUT2D eigenvalue weighted by atomic mass is 19.4. The summed E-state index contributed by atoms with van der Waals surface area (Å²) in [6.45, 7) is 5.78. The Morgan fingerprint density at radius 3 is 2.48 bits per heavy atom. The van der Waals surface area contributed by atoms with Gasteiger partial charge in [0.2, 0.25) is 5.91 Å². The van der Waals surface area contributed by atoms with Gasteiger partial charge in [0.05, 0.1) is 5.92 Å². The fourth-order valence-corrected chi connectivity index (χ4v) is 2.85. The Hall–Kier alpha value is -1.66. The molecule has 1 heterocycles. The monoisotopic (exact) mass is 329 g/mol. The van der Waals surface area contributed by atoms with Crippen LogP contribution < -0.4 is 5.32 Å². The van der Waals surface area contributed by atoms with E-state index in [0.29, 0.717) is 18.7 Å². The van der Waals surface area contributed by atoms with Crippen molar-refractivity contribution in [2.75, 3.05) is 5.32 Å². The molecule has 1 N–H and O–H groups in total. The van der Waals surface area contributed by atoms with E-state index in [-0.39, 0.29) is 24.1 Å². The number of anilines is 1. The topological polar surface area (TPSA) is 54.9 Å². The first-order valence-electron chi connectivity index (χ1n) is 7.80. The van der Waals surface area contributed by atoms with Gasteiger partial charge in [0.15, 0.2) is 0 Å². The molecule has 0 aromatic carbocycles. The van der Waals surface area contributed by atoms with Gasteiger partial charge in [-0.25, -0.2) is 9.97 Å². The largest absolute Gasteiger partial charge is 0.392 e. The molecule has 128 valence electrons. The number of rotatable bonds is 2. The molecule has 0 spiro atoms. The first-order valence-corrected chi connectivity index (χ1v) is 7.80. The van der Waals surface area contributed by atoms with Gasteiger partial charge in [-0.2, -0.15) is 13.2 Å². The van der Waals surface area contributed by atoms with Gasteiger partial charge in [0.25, 0.3) is 0 Å². The van der Waals surface area contributed by atoms with Crippen molar-refractivity contribution in [2.24, 2.45) is 11.8 Å². The third-order valence-electron chi connectivity index (χ3n) is 4.10. The maximum absolute atomic E-state index is 13.1. The third kappa shape index (κ3) is 4.42. The van der Waals surface area contributed by atoms with Crippen LogP contribution in [0.5, 0.6) is 0 Å². The number of hydrogen-bond acceptors (Lipinski definition) is 3. The number of amides is 1. The Bertz CT molecular complexity index is 566. The van der Waals surface area contributed by atoms with E-state index in [9.17, 15) is 18.0 Å². The van der Waals surface area contributed by atoms with Crippen molar-refractivity contribution in [3.8, 4) is 0 Å². The maximum atomic E-state index is 13.1. The number of carbonyl (C=O) groups is 1. The number of halogens is 3. The lowest BCUT2D eigenvalue weighted by molar-refractivity contribution is -0.197. The van der Waals surface area contributed by atoms with Crippen LogP contribution in [0.4, 0.5) is 19.0 Å². The van der Waals surface area contributed by atoms with E-state index >= 15 is 0 Å². The van der Waals surface area contributed by atoms with E-state index in [1.807, 2.05) is 20.8 Å². The van der Waals surface area contributed by atoms with Crippen LogP contribution >= 0.6 is 0 Å². The SMILES string of the molecule is CC(C)(C)c1nccc(NC(=O)[C@@H]2CCCC[C@H]2C(F)(F)F)n1. The highest BCUT2D eigenvalue weighted by Crippen LogP contribution is 2.41. The Morgan fingerprint density at radius 2 is 1.87 bits per heavy atom. The fraction of sp³-hybridized carbons (Fsp3) is 0.688. The number of alkyl halides is 3. The average molecular weight is 329 g/mol. The number of nitrogens with one attached hydrogen (secondary N) is 1. The molecule has 4 nitrogen and oxygen atoms in total. The third-order valence-corrected chi connectivity index (χ3v) is 4.10. The zero-order chi connectivity index (χ0) is 17.3. The summed E-state index contributed by atoms with van der Waals surface area (Å²) in [6.07, 6.45) is -1.42. The molecular formula is C16H22F3N3O. The zero-order valence-corrected chi connectivity index (χ0v) is 13.6. The minimum Gasteiger partial charge on any atom is -0.310 e. The number of aromatic nitrogens is 2. The van der Waals surface area contributed by atoms with Crippen molar-refractivity contribution in [2.45, 2.75) is 58.0 Å². The molecule has 1 aliphatic rings. The minimum atomic E-state index is -4.34. The van der Waals surface area contributed by atoms with Crippen molar-refractivity contribution in [3.05, 3.63) is 18.1 Å². The van der Waals surface area contributed by atoms with Crippen molar-refractivity contribution >= 4 is 11.7 Å². The zero-order valence-electron chi connectivity index (χ0n) is 13.6. The Kier molecular flexibility index (Phi) is 4.96. The summed E-state index contributed by atoms with van der Waals surface area (Å²) in [7, 11) is 0. The molecule has 1 saturated carbocycles. The molecule has 2 atom stereocenters. The van der Waals surface area contributed by atoms with Crippen molar-refractivity contribution < 1.29 is 18.0 Å². The Morgan fingerprint density at radius 1 is 1.22 bits per heavy atom. The predicted octanol–water partition coefficient (Wildman–Crippen LogP) is 4.08. The van der Waals surface area contributed by atoms with Gasteiger partial charge in [-0.1, -0.05) is 33.6 Å². The lowest BCUT2D eigenvalue weighted by Crippen LogP contribution is -2.39. The van der Waals surface area contributed by atoms with Crippen molar-refractivity contribution in [1.29, 1.82) is 0 Å². The molecule has 1 aliphatic carbocycles. The molecule has 7 heteroatoms. The van der Waals surface area contributed by atoms with Crippen LogP contribution in [0.25, 0.3) is 0 Å². The number of carbonyl (C=O) groups excluding carboxylic acids is 1. The second kappa shape index (κ2) is 6.45. The van der Waals surface area contributed by atoms with Crippen molar-refractivity contribution in [1.82, 2.24) is 9.97 Å². The lowest BCUT2D eigenvalue weighted by Gasteiger charge is -2.31. The van der Waals surface area contributed by atoms with E-state index in [0.717, 1.165) is 0 Å². The first kappa shape index (κ1) is 17.7. The van der Waals surface area contributed by atoms with E-state index in [1.165, 1.54) is 12.3 Å². The molecule has 2 rings (SSSR count). The van der Waals surface area contributed by atoms with Crippen molar-refractivity contribution in [3.63, 3.8) is 0 Å². The van der Waals surface area contributed by atoms with Crippen LogP contribution in [0.2, 0.25) is 0 Å². The normalized spacial score (nSPS) is 22.7. The number of hydrogen-bond donors (Lipinski definition) is 1. The molecule has 0 unspecified atom stereocenters. The van der Waals surface area contributed by atoms with Crippen LogP contribution in [-0.2, 0) is 10.2 Å². The van der Waals surface area contributed by atoms with Crippen LogP contribution in [-0.4, -0.2) is 22.1 Å². The average Bonchev–Trinajstić information content (AvgIpc) is 2.46. The molecule has 1 fully saturated rings. The summed E-state index contributed by atoms with van der Waals surface area (Å²) >= 11 is 0. The second-order valence-corrected chi connectivity index (χ2v) is 7.04. The van der Waals surface area contributed by atoms with Crippen LogP contribution in [0.1, 0.15) is 52.3 Å². The lowest BCUT2D eigenvalue weighted by atomic mass is 9.78. The molecule has 0 radical (unpaired) electrons. The van der Waals surface area contributed by atoms with E-state index < -0.39 is 23.9 Å². The highest BCUT2D eigenvalue weighted by Gasteiger charge is 2.48. The van der Waals surface area contributed by atoms with E-state index in [2.05, 4.69) is 15.3 Å². The minimum absolute atomic E-state index is 0.0125. The molecule has 0 bridgehead atoms. The van der Waals surface area contributed by atoms with Gasteiger partial charge in [0, 0.05) is 17.5 Å². The van der Waals surface area contributed by atoms with Crippen LogP contribution in [0.15, 0.2) is 12.3 Å². The predicted molar refractivity (Wildman–Crippen MR) is 80.9 cm³/mol. The van der Waals surface area contributed by atoms with Gasteiger partial charge in [-0.05, 0) is 18.9 Å². The van der Waals surface area contributed by atoms with Gasteiger partial charge in [-0.3, -0.25) is 4.79 Å². The summed E-state index contributed by atoms with van der Waals surface area (Å²) in [5.74, 6) is -2.43. The molecule has 23 heavy (non-hydrogen) atoms. The second-order valence-electron chi connectivity index (χ2n) is 7.04. The Balaban J connectivity index is 2.15. The standard InChI is InChI=1S/C16H22F3N3O/c1-15(2,3)14-20-9-8-12(22-14)21-13(23)10-6-4-5-7-11(10)16(17,18)19/h8-11H,4-7H2,1-3H3,(H,20,21,22,23)/t10-,11-/m1/s1. The first-order chi connectivity index (χ1) is 10.6. The molecule has 0 aliphatic heterocycles. The molecule has 0 saturated heterocycles. The molecule has 1 aromatic heterocycles. The summed E-state index contributed by atoms with van der Waals surface area (Å²) < 4.78 is 39.3.